The maximum atomic E-state index is 6.25. The highest BCUT2D eigenvalue weighted by Gasteiger charge is 2.52. The monoisotopic (exact) mass is 382 g/mol. The summed E-state index contributed by atoms with van der Waals surface area (Å²) in [6, 6.07) is 14.1. The van der Waals surface area contributed by atoms with Crippen LogP contribution in [0.4, 0.5) is 11.5 Å². The van der Waals surface area contributed by atoms with Crippen LogP contribution < -0.4 is 10.8 Å². The molecule has 1 fully saturated rings. The molecule has 0 radical (unpaired) electrons. The lowest BCUT2D eigenvalue weighted by Gasteiger charge is -2.32. The Kier molecular flexibility index (Phi) is 4.30. The zero-order valence-electron chi connectivity index (χ0n) is 16.3. The Morgan fingerprint density at radius 3 is 2.33 bits per heavy atom. The molecular weight excluding hydrogens is 359 g/mol. The second kappa shape index (κ2) is 6.30. The molecule has 0 spiro atoms. The first-order valence-electron chi connectivity index (χ1n) is 9.17. The molecule has 1 aromatic heterocycles. The first-order chi connectivity index (χ1) is 12.7. The fourth-order valence-corrected chi connectivity index (χ4v) is 3.56. The Labute approximate surface area is 165 Å². The third-order valence-corrected chi connectivity index (χ3v) is 5.98. The van der Waals surface area contributed by atoms with Crippen LogP contribution >= 0.6 is 11.6 Å². The molecule has 140 valence electrons. The minimum atomic E-state index is -0.351. The van der Waals surface area contributed by atoms with Crippen LogP contribution in [0.2, 0.25) is 5.02 Å². The van der Waals surface area contributed by atoms with Crippen LogP contribution in [-0.4, -0.2) is 23.3 Å². The largest absolute Gasteiger partial charge is 0.495 e. The van der Waals surface area contributed by atoms with E-state index in [4.69, 9.17) is 20.9 Å². The molecule has 4 rings (SSSR count). The highest BCUT2D eigenvalue weighted by molar-refractivity contribution is 6.62. The van der Waals surface area contributed by atoms with Crippen molar-refractivity contribution in [2.75, 3.05) is 5.32 Å². The first kappa shape index (κ1) is 18.4. The zero-order chi connectivity index (χ0) is 19.4. The number of anilines is 2. The van der Waals surface area contributed by atoms with Gasteiger partial charge in [-0.25, -0.2) is 0 Å². The number of halogens is 1. The van der Waals surface area contributed by atoms with Gasteiger partial charge in [0.25, 0.3) is 0 Å². The van der Waals surface area contributed by atoms with E-state index in [2.05, 4.69) is 63.1 Å². The maximum Gasteiger partial charge on any atom is 0.495 e. The van der Waals surface area contributed by atoms with Crippen molar-refractivity contribution in [2.45, 2.75) is 45.8 Å². The van der Waals surface area contributed by atoms with Crippen LogP contribution in [0.15, 0.2) is 42.5 Å². The van der Waals surface area contributed by atoms with Crippen LogP contribution in [0.25, 0.3) is 10.9 Å². The molecule has 0 atom stereocenters. The Hall–Kier alpha value is -1.95. The van der Waals surface area contributed by atoms with E-state index in [0.717, 1.165) is 33.4 Å². The Balaban J connectivity index is 1.58. The summed E-state index contributed by atoms with van der Waals surface area (Å²) in [5, 5.41) is 5.21. The number of fused-ring (bicyclic) bond motifs is 1. The molecular formula is C21H24BClN2O2. The van der Waals surface area contributed by atoms with E-state index < -0.39 is 0 Å². The summed E-state index contributed by atoms with van der Waals surface area (Å²) in [4.78, 5) is 3.33. The van der Waals surface area contributed by atoms with Crippen molar-refractivity contribution in [1.82, 2.24) is 4.98 Å². The second-order valence-corrected chi connectivity index (χ2v) is 8.58. The minimum Gasteiger partial charge on any atom is -0.399 e. The van der Waals surface area contributed by atoms with Gasteiger partial charge in [0.2, 0.25) is 0 Å². The van der Waals surface area contributed by atoms with E-state index >= 15 is 0 Å². The number of rotatable bonds is 3. The van der Waals surface area contributed by atoms with E-state index in [1.165, 1.54) is 0 Å². The van der Waals surface area contributed by atoms with Crippen LogP contribution in [0.3, 0.4) is 0 Å². The standard InChI is InChI=1S/C21H24BClN2O2/c1-13-11-15(24-18-12-14-7-6-8-17(23)19(14)25-18)9-10-16(13)22-26-20(2,3)21(4,5)27-22/h6-12,24-25H,1-5H3. The molecule has 2 N–H and O–H groups in total. The zero-order valence-corrected chi connectivity index (χ0v) is 17.1. The SMILES string of the molecule is Cc1cc(Nc2cc3cccc(Cl)c3[nH]2)ccc1B1OC(C)(C)C(C)(C)O1. The van der Waals surface area contributed by atoms with Crippen LogP contribution in [0, 0.1) is 6.92 Å². The van der Waals surface area contributed by atoms with Crippen molar-refractivity contribution in [3.05, 3.63) is 53.1 Å². The van der Waals surface area contributed by atoms with Crippen molar-refractivity contribution in [2.24, 2.45) is 0 Å². The summed E-state index contributed by atoms with van der Waals surface area (Å²) in [5.74, 6) is 0.904. The number of benzene rings is 2. The second-order valence-electron chi connectivity index (χ2n) is 8.17. The third-order valence-electron chi connectivity index (χ3n) is 5.66. The Morgan fingerprint density at radius 2 is 1.70 bits per heavy atom. The molecule has 2 heterocycles. The molecule has 1 saturated heterocycles. The number of aryl methyl sites for hydroxylation is 1. The Bertz CT molecular complexity index is 997. The number of aromatic nitrogens is 1. The van der Waals surface area contributed by atoms with Crippen molar-refractivity contribution in [1.29, 1.82) is 0 Å². The van der Waals surface area contributed by atoms with Crippen molar-refractivity contribution in [3.63, 3.8) is 0 Å². The molecule has 6 heteroatoms. The van der Waals surface area contributed by atoms with Gasteiger partial charge in [0.15, 0.2) is 0 Å². The number of nitrogens with one attached hydrogen (secondary N) is 2. The van der Waals surface area contributed by atoms with Gasteiger partial charge in [0.05, 0.1) is 21.7 Å². The summed E-state index contributed by atoms with van der Waals surface area (Å²) in [6.45, 7) is 10.4. The summed E-state index contributed by atoms with van der Waals surface area (Å²) in [6.07, 6.45) is 0. The minimum absolute atomic E-state index is 0.343. The van der Waals surface area contributed by atoms with Crippen molar-refractivity contribution in [3.8, 4) is 0 Å². The predicted molar refractivity (Wildman–Crippen MR) is 113 cm³/mol. The van der Waals surface area contributed by atoms with E-state index in [1.54, 1.807) is 0 Å². The molecule has 0 amide bonds. The van der Waals surface area contributed by atoms with Gasteiger partial charge in [-0.15, -0.1) is 0 Å². The smallest absolute Gasteiger partial charge is 0.399 e. The summed E-state index contributed by atoms with van der Waals surface area (Å²) in [7, 11) is -0.351. The normalized spacial score (nSPS) is 18.2. The molecule has 4 nitrogen and oxygen atoms in total. The van der Waals surface area contributed by atoms with Gasteiger partial charge in [0, 0.05) is 11.1 Å². The topological polar surface area (TPSA) is 46.3 Å². The average Bonchev–Trinajstić information content (AvgIpc) is 3.06. The summed E-state index contributed by atoms with van der Waals surface area (Å²) in [5.41, 5.74) is 3.42. The van der Waals surface area contributed by atoms with Gasteiger partial charge in [-0.1, -0.05) is 29.8 Å². The number of hydrogen-bond acceptors (Lipinski definition) is 3. The molecule has 1 aliphatic rings. The Morgan fingerprint density at radius 1 is 1.00 bits per heavy atom. The number of aromatic amines is 1. The molecule has 2 aromatic carbocycles. The van der Waals surface area contributed by atoms with Gasteiger partial charge >= 0.3 is 7.12 Å². The summed E-state index contributed by atoms with van der Waals surface area (Å²) < 4.78 is 12.4. The molecule has 27 heavy (non-hydrogen) atoms. The van der Waals surface area contributed by atoms with Gasteiger partial charge < -0.3 is 19.6 Å². The predicted octanol–water partition coefficient (Wildman–Crippen LogP) is 5.17. The molecule has 3 aromatic rings. The molecule has 0 unspecified atom stereocenters. The fourth-order valence-electron chi connectivity index (χ4n) is 3.33. The van der Waals surface area contributed by atoms with Gasteiger partial charge in [-0.05, 0) is 69.9 Å². The highest BCUT2D eigenvalue weighted by Crippen LogP contribution is 2.37. The van der Waals surface area contributed by atoms with Gasteiger partial charge in [-0.2, -0.15) is 0 Å². The van der Waals surface area contributed by atoms with E-state index in [9.17, 15) is 0 Å². The lowest BCUT2D eigenvalue weighted by Crippen LogP contribution is -2.41. The quantitative estimate of drug-likeness (QED) is 0.614. The number of H-pyrrole nitrogens is 1. The first-order valence-corrected chi connectivity index (χ1v) is 9.54. The highest BCUT2D eigenvalue weighted by atomic mass is 35.5. The third kappa shape index (κ3) is 3.24. The van der Waals surface area contributed by atoms with E-state index in [-0.39, 0.29) is 18.3 Å². The van der Waals surface area contributed by atoms with Crippen LogP contribution in [-0.2, 0) is 9.31 Å². The number of para-hydroxylation sites is 1. The number of hydrogen-bond donors (Lipinski definition) is 2. The van der Waals surface area contributed by atoms with Crippen LogP contribution in [0.1, 0.15) is 33.3 Å². The molecule has 1 aliphatic heterocycles. The fraction of sp³-hybridized carbons (Fsp3) is 0.333. The van der Waals surface area contributed by atoms with Gasteiger partial charge in [0.1, 0.15) is 5.82 Å². The lowest BCUT2D eigenvalue weighted by atomic mass is 9.76. The van der Waals surface area contributed by atoms with Gasteiger partial charge in [-0.3, -0.25) is 0 Å². The van der Waals surface area contributed by atoms with Crippen molar-refractivity contribution >= 4 is 46.6 Å². The molecule has 0 bridgehead atoms. The van der Waals surface area contributed by atoms with E-state index in [1.807, 2.05) is 24.3 Å². The molecule has 0 aliphatic carbocycles. The van der Waals surface area contributed by atoms with E-state index in [0.29, 0.717) is 5.02 Å². The summed E-state index contributed by atoms with van der Waals surface area (Å²) >= 11 is 6.25. The van der Waals surface area contributed by atoms with Crippen LogP contribution in [0.5, 0.6) is 0 Å². The molecule has 0 saturated carbocycles. The average molecular weight is 383 g/mol. The van der Waals surface area contributed by atoms with Crippen molar-refractivity contribution < 1.29 is 9.31 Å². The maximum absolute atomic E-state index is 6.25. The lowest BCUT2D eigenvalue weighted by molar-refractivity contribution is 0.00578.